The predicted octanol–water partition coefficient (Wildman–Crippen LogP) is 17.4. The molecule has 0 saturated heterocycles. The van der Waals surface area contributed by atoms with Gasteiger partial charge in [0.15, 0.2) is 12.2 Å². The van der Waals surface area contributed by atoms with Gasteiger partial charge in [0.05, 0.1) is 26.4 Å². The van der Waals surface area contributed by atoms with Crippen molar-refractivity contribution in [2.75, 3.05) is 39.6 Å². The van der Waals surface area contributed by atoms with Crippen LogP contribution in [0.25, 0.3) is 0 Å². The molecule has 0 saturated carbocycles. The van der Waals surface area contributed by atoms with Crippen LogP contribution in [0.3, 0.4) is 0 Å². The summed E-state index contributed by atoms with van der Waals surface area (Å²) < 4.78 is 67.7. The van der Waals surface area contributed by atoms with Crippen molar-refractivity contribution in [3.8, 4) is 0 Å². The van der Waals surface area contributed by atoms with Crippen LogP contribution >= 0.6 is 15.6 Å². The molecule has 486 valence electrons. The van der Waals surface area contributed by atoms with Gasteiger partial charge in [0.1, 0.15) is 19.3 Å². The molecule has 0 aliphatic rings. The van der Waals surface area contributed by atoms with E-state index in [4.69, 9.17) is 37.0 Å². The van der Waals surface area contributed by atoms with E-state index in [2.05, 4.69) is 34.6 Å². The van der Waals surface area contributed by atoms with Crippen molar-refractivity contribution in [2.24, 2.45) is 5.92 Å². The van der Waals surface area contributed by atoms with Crippen LogP contribution < -0.4 is 0 Å². The first kappa shape index (κ1) is 80.1. The fraction of sp³-hybridized carbons (Fsp3) is 0.937. The third-order valence-electron chi connectivity index (χ3n) is 14.5. The molecule has 0 heterocycles. The predicted molar refractivity (Wildman–Crippen MR) is 326 cm³/mol. The van der Waals surface area contributed by atoms with Gasteiger partial charge in [-0.25, -0.2) is 9.13 Å². The van der Waals surface area contributed by atoms with E-state index in [1.807, 2.05) is 0 Å². The normalized spacial score (nSPS) is 14.3. The Bertz CT molecular complexity index is 1600. The first-order chi connectivity index (χ1) is 39.5. The lowest BCUT2D eigenvalue weighted by Gasteiger charge is -2.21. The minimum Gasteiger partial charge on any atom is -0.462 e. The summed E-state index contributed by atoms with van der Waals surface area (Å²) in [4.78, 5) is 71.8. The second-order valence-electron chi connectivity index (χ2n) is 23.3. The number of phosphoric ester groups is 2. The van der Waals surface area contributed by atoms with Crippen molar-refractivity contribution in [3.63, 3.8) is 0 Å². The fourth-order valence-electron chi connectivity index (χ4n) is 9.41. The Morgan fingerprint density at radius 3 is 0.829 bits per heavy atom. The number of phosphoric acid groups is 2. The van der Waals surface area contributed by atoms with Gasteiger partial charge >= 0.3 is 39.5 Å². The van der Waals surface area contributed by atoms with Gasteiger partial charge in [-0.2, -0.15) is 0 Å². The van der Waals surface area contributed by atoms with Crippen molar-refractivity contribution in [2.45, 2.75) is 335 Å². The van der Waals surface area contributed by atoms with Crippen molar-refractivity contribution in [1.29, 1.82) is 0 Å². The molecule has 5 atom stereocenters. The van der Waals surface area contributed by atoms with Gasteiger partial charge < -0.3 is 33.8 Å². The van der Waals surface area contributed by atoms with Gasteiger partial charge in [-0.05, 0) is 31.6 Å². The molecule has 0 aromatic rings. The maximum absolute atomic E-state index is 13.0. The zero-order chi connectivity index (χ0) is 60.6. The van der Waals surface area contributed by atoms with Crippen LogP contribution in [0.2, 0.25) is 0 Å². The molecule has 0 aliphatic heterocycles. The lowest BCUT2D eigenvalue weighted by Crippen LogP contribution is -2.30. The smallest absolute Gasteiger partial charge is 0.462 e. The fourth-order valence-corrected chi connectivity index (χ4v) is 11.0. The van der Waals surface area contributed by atoms with Crippen molar-refractivity contribution >= 4 is 39.5 Å². The van der Waals surface area contributed by atoms with Crippen LogP contribution in [0, 0.1) is 5.92 Å². The summed E-state index contributed by atoms with van der Waals surface area (Å²) in [6, 6.07) is 0. The number of unbranched alkanes of at least 4 members (excludes halogenated alkanes) is 35. The summed E-state index contributed by atoms with van der Waals surface area (Å²) >= 11 is 0. The quantitative estimate of drug-likeness (QED) is 0.0222. The van der Waals surface area contributed by atoms with Crippen LogP contribution in [0.5, 0.6) is 0 Å². The monoisotopic (exact) mass is 1210 g/mol. The van der Waals surface area contributed by atoms with Crippen molar-refractivity contribution < 1.29 is 80.2 Å². The van der Waals surface area contributed by atoms with Crippen molar-refractivity contribution in [3.05, 3.63) is 0 Å². The van der Waals surface area contributed by atoms with Crippen LogP contribution in [0.15, 0.2) is 0 Å². The Morgan fingerprint density at radius 2 is 0.561 bits per heavy atom. The van der Waals surface area contributed by atoms with E-state index in [0.29, 0.717) is 25.7 Å². The lowest BCUT2D eigenvalue weighted by atomic mass is 10.0. The number of aliphatic hydroxyl groups is 1. The maximum Gasteiger partial charge on any atom is 0.472 e. The summed E-state index contributed by atoms with van der Waals surface area (Å²) in [5.74, 6) is -1.34. The average Bonchev–Trinajstić information content (AvgIpc) is 3.45. The first-order valence-electron chi connectivity index (χ1n) is 33.1. The Hall–Kier alpha value is -1.94. The highest BCUT2D eigenvalue weighted by Crippen LogP contribution is 2.45. The molecular formula is C63H122O17P2. The Morgan fingerprint density at radius 1 is 0.329 bits per heavy atom. The molecule has 82 heavy (non-hydrogen) atoms. The van der Waals surface area contributed by atoms with Gasteiger partial charge in [0.25, 0.3) is 0 Å². The molecule has 0 amide bonds. The maximum atomic E-state index is 13.0. The summed E-state index contributed by atoms with van der Waals surface area (Å²) in [6.45, 7) is 7.10. The summed E-state index contributed by atoms with van der Waals surface area (Å²) in [5.41, 5.74) is 0. The highest BCUT2D eigenvalue weighted by Gasteiger charge is 2.30. The molecule has 19 heteroatoms. The highest BCUT2D eigenvalue weighted by atomic mass is 31.2. The molecule has 0 radical (unpaired) electrons. The van der Waals surface area contributed by atoms with Crippen LogP contribution in [0.1, 0.15) is 317 Å². The van der Waals surface area contributed by atoms with Crippen LogP contribution in [-0.2, 0) is 65.4 Å². The molecule has 0 aliphatic carbocycles. The SMILES string of the molecule is CCCCCCCCCCCCCC(=O)OC[C@H](COP(=O)(O)OC[C@@H](O)COP(=O)(O)OC[C@@H](COC(=O)CCCCCCC)OC(=O)CCCCCCCCCC)OC(=O)CCCCCCCCCCCCCCCCCC(C)C. The number of rotatable bonds is 63. The molecule has 2 unspecified atom stereocenters. The molecule has 17 nitrogen and oxygen atoms in total. The number of carbonyl (C=O) groups excluding carboxylic acids is 4. The van der Waals surface area contributed by atoms with Crippen LogP contribution in [0.4, 0.5) is 0 Å². The van der Waals surface area contributed by atoms with Gasteiger partial charge in [-0.1, -0.05) is 266 Å². The van der Waals surface area contributed by atoms with E-state index < -0.39 is 97.5 Å². The summed E-state index contributed by atoms with van der Waals surface area (Å²) in [7, 11) is -9.87. The number of ether oxygens (including phenoxy) is 4. The number of esters is 4. The van der Waals surface area contributed by atoms with E-state index in [-0.39, 0.29) is 25.7 Å². The van der Waals surface area contributed by atoms with Gasteiger partial charge in [0.2, 0.25) is 0 Å². The zero-order valence-electron chi connectivity index (χ0n) is 52.6. The molecule has 0 spiro atoms. The van der Waals surface area contributed by atoms with Crippen molar-refractivity contribution in [1.82, 2.24) is 0 Å². The van der Waals surface area contributed by atoms with Gasteiger partial charge in [-0.15, -0.1) is 0 Å². The number of aliphatic hydroxyl groups excluding tert-OH is 1. The number of carbonyl (C=O) groups is 4. The van der Waals surface area contributed by atoms with E-state index in [1.54, 1.807) is 0 Å². The van der Waals surface area contributed by atoms with E-state index in [1.165, 1.54) is 128 Å². The molecule has 0 rings (SSSR count). The average molecular weight is 1210 g/mol. The summed E-state index contributed by atoms with van der Waals surface area (Å²) in [5, 5.41) is 10.5. The van der Waals surface area contributed by atoms with E-state index >= 15 is 0 Å². The molecule has 0 aromatic heterocycles. The number of hydrogen-bond acceptors (Lipinski definition) is 15. The van der Waals surface area contributed by atoms with Gasteiger partial charge in [0, 0.05) is 25.7 Å². The number of hydrogen-bond donors (Lipinski definition) is 3. The second-order valence-corrected chi connectivity index (χ2v) is 26.2. The minimum absolute atomic E-state index is 0.104. The molecule has 0 aromatic carbocycles. The lowest BCUT2D eigenvalue weighted by molar-refractivity contribution is -0.161. The molecule has 0 fully saturated rings. The topological polar surface area (TPSA) is 237 Å². The first-order valence-corrected chi connectivity index (χ1v) is 36.1. The van der Waals surface area contributed by atoms with E-state index in [0.717, 1.165) is 109 Å². The molecule has 0 bridgehead atoms. The third kappa shape index (κ3) is 57.2. The Kier molecular flexibility index (Phi) is 55.5. The molecule has 3 N–H and O–H groups in total. The summed E-state index contributed by atoms with van der Waals surface area (Å²) in [6.07, 6.45) is 40.7. The Balaban J connectivity index is 5.12. The largest absolute Gasteiger partial charge is 0.472 e. The standard InChI is InChI=1S/C63H122O17P2/c1-6-9-12-15-17-19-25-29-33-37-42-47-61(66)74-53-59(80-63(68)49-44-39-34-30-27-24-22-20-21-23-26-28-31-36-40-45-56(4)5)55-78-82(71,72)76-51-57(64)50-75-81(69,70)77-54-58(52-73-60(65)46-41-35-14-11-8-3)79-62(67)48-43-38-32-18-16-13-10-7-2/h56-59,64H,6-55H2,1-5H3,(H,69,70)(H,71,72)/t57-,58+,59+/m0/s1. The third-order valence-corrected chi connectivity index (χ3v) is 16.4. The second kappa shape index (κ2) is 56.8. The minimum atomic E-state index is -4.94. The molecular weight excluding hydrogens is 1090 g/mol. The van der Waals surface area contributed by atoms with E-state index in [9.17, 15) is 43.2 Å². The highest BCUT2D eigenvalue weighted by molar-refractivity contribution is 7.47. The Labute approximate surface area is 498 Å². The van der Waals surface area contributed by atoms with Gasteiger partial charge in [-0.3, -0.25) is 37.3 Å². The van der Waals surface area contributed by atoms with Crippen LogP contribution in [-0.4, -0.2) is 96.7 Å². The zero-order valence-corrected chi connectivity index (χ0v) is 54.4.